The number of nitrogens with zero attached hydrogens (tertiary/aromatic N) is 3. The second kappa shape index (κ2) is 9.53. The summed E-state index contributed by atoms with van der Waals surface area (Å²) in [5.41, 5.74) is 4.85. The van der Waals surface area contributed by atoms with Crippen LogP contribution in [-0.2, 0) is 5.75 Å². The number of hydrogen-bond donors (Lipinski definition) is 0. The molecule has 0 N–H and O–H groups in total. The summed E-state index contributed by atoms with van der Waals surface area (Å²) in [6.45, 7) is 0. The number of benzene rings is 4. The summed E-state index contributed by atoms with van der Waals surface area (Å²) in [6.07, 6.45) is 0. The average Bonchev–Trinajstić information content (AvgIpc) is 2.84. The molecule has 6 heteroatoms. The lowest BCUT2D eigenvalue weighted by Gasteiger charge is -2.10. The second-order valence-electron chi connectivity index (χ2n) is 7.23. The number of thioether (sulfide) groups is 1. The van der Waals surface area contributed by atoms with Crippen molar-refractivity contribution in [2.45, 2.75) is 10.9 Å². The van der Waals surface area contributed by atoms with Crippen molar-refractivity contribution in [3.63, 3.8) is 0 Å². The molecule has 0 aliphatic carbocycles. The third kappa shape index (κ3) is 4.63. The number of hydrogen-bond acceptors (Lipinski definition) is 4. The third-order valence-electron chi connectivity index (χ3n) is 5.14. The summed E-state index contributed by atoms with van der Waals surface area (Å²) in [5, 5.41) is 12.2. The van der Waals surface area contributed by atoms with Crippen molar-refractivity contribution in [2.75, 3.05) is 0 Å². The molecule has 0 spiro atoms. The van der Waals surface area contributed by atoms with E-state index in [1.54, 1.807) is 11.8 Å². The van der Waals surface area contributed by atoms with E-state index in [0.717, 1.165) is 37.2 Å². The van der Waals surface area contributed by atoms with Crippen molar-refractivity contribution in [2.24, 2.45) is 0 Å². The van der Waals surface area contributed by atoms with Crippen molar-refractivity contribution < 1.29 is 0 Å². The van der Waals surface area contributed by atoms with Crippen LogP contribution in [0.1, 0.15) is 5.56 Å². The van der Waals surface area contributed by atoms with E-state index in [1.165, 1.54) is 16.3 Å². The third-order valence-corrected chi connectivity index (χ3v) is 7.08. The van der Waals surface area contributed by atoms with Crippen LogP contribution in [-0.4, -0.2) is 15.2 Å². The Balaban J connectivity index is 1.51. The predicted molar refractivity (Wildman–Crippen MR) is 140 cm³/mol. The van der Waals surface area contributed by atoms with E-state index >= 15 is 0 Å². The lowest BCUT2D eigenvalue weighted by Crippen LogP contribution is -1.99. The summed E-state index contributed by atoms with van der Waals surface area (Å²) in [5.74, 6) is 0.778. The molecule has 156 valence electrons. The molecule has 0 aliphatic heterocycles. The molecule has 4 aromatic carbocycles. The SMILES string of the molecule is Brc1ccc(-c2nnc(SCc3cccc4ccccc34)nc2-c2ccc(Br)cc2)cc1. The van der Waals surface area contributed by atoms with Crippen LogP contribution >= 0.6 is 43.6 Å². The first-order valence-electron chi connectivity index (χ1n) is 10.0. The maximum absolute atomic E-state index is 4.93. The van der Waals surface area contributed by atoms with E-state index in [4.69, 9.17) is 4.98 Å². The minimum Gasteiger partial charge on any atom is -0.219 e. The Kier molecular flexibility index (Phi) is 6.35. The zero-order valence-electron chi connectivity index (χ0n) is 16.9. The Labute approximate surface area is 207 Å². The Morgan fingerprint density at radius 1 is 0.625 bits per heavy atom. The smallest absolute Gasteiger partial charge is 0.210 e. The molecular formula is C26H17Br2N3S. The van der Waals surface area contributed by atoms with Gasteiger partial charge in [-0.3, -0.25) is 0 Å². The van der Waals surface area contributed by atoms with Gasteiger partial charge in [0.05, 0.1) is 0 Å². The molecule has 0 aliphatic rings. The van der Waals surface area contributed by atoms with Gasteiger partial charge in [0.25, 0.3) is 0 Å². The largest absolute Gasteiger partial charge is 0.219 e. The first-order chi connectivity index (χ1) is 15.7. The van der Waals surface area contributed by atoms with Crippen LogP contribution in [0.2, 0.25) is 0 Å². The highest BCUT2D eigenvalue weighted by atomic mass is 79.9. The fourth-order valence-corrected chi connectivity index (χ4v) is 4.86. The van der Waals surface area contributed by atoms with Gasteiger partial charge >= 0.3 is 0 Å². The molecule has 0 atom stereocenters. The first kappa shape index (κ1) is 21.3. The molecule has 5 aromatic rings. The molecule has 0 bridgehead atoms. The van der Waals surface area contributed by atoms with Gasteiger partial charge in [-0.2, -0.15) is 0 Å². The highest BCUT2D eigenvalue weighted by molar-refractivity contribution is 9.10. The van der Waals surface area contributed by atoms with Crippen LogP contribution in [0.25, 0.3) is 33.3 Å². The molecule has 1 heterocycles. The molecule has 3 nitrogen and oxygen atoms in total. The van der Waals surface area contributed by atoms with Gasteiger partial charge < -0.3 is 0 Å². The Bertz CT molecular complexity index is 1380. The molecule has 5 rings (SSSR count). The van der Waals surface area contributed by atoms with Gasteiger partial charge in [-0.1, -0.05) is 110 Å². The van der Waals surface area contributed by atoms with E-state index in [2.05, 4.69) is 96.7 Å². The Morgan fingerprint density at radius 3 is 1.97 bits per heavy atom. The minimum absolute atomic E-state index is 0.664. The summed E-state index contributed by atoms with van der Waals surface area (Å²) in [6, 6.07) is 31.1. The van der Waals surface area contributed by atoms with Gasteiger partial charge in [0.1, 0.15) is 11.4 Å². The standard InChI is InChI=1S/C26H17Br2N3S/c27-21-12-8-18(9-13-21)24-25(19-10-14-22(28)15-11-19)30-31-26(29-24)32-16-20-6-3-5-17-4-1-2-7-23(17)20/h1-15H,16H2. The topological polar surface area (TPSA) is 38.7 Å². The monoisotopic (exact) mass is 561 g/mol. The molecule has 0 radical (unpaired) electrons. The van der Waals surface area contributed by atoms with Crippen LogP contribution in [0.15, 0.2) is 105 Å². The first-order valence-corrected chi connectivity index (χ1v) is 12.6. The molecule has 0 amide bonds. The highest BCUT2D eigenvalue weighted by Gasteiger charge is 2.14. The van der Waals surface area contributed by atoms with Crippen molar-refractivity contribution >= 4 is 54.4 Å². The van der Waals surface area contributed by atoms with Crippen LogP contribution in [0.4, 0.5) is 0 Å². The van der Waals surface area contributed by atoms with Crippen molar-refractivity contribution in [3.05, 3.63) is 106 Å². The van der Waals surface area contributed by atoms with E-state index in [-0.39, 0.29) is 0 Å². The summed E-state index contributed by atoms with van der Waals surface area (Å²) in [4.78, 5) is 4.93. The maximum Gasteiger partial charge on any atom is 0.210 e. The number of halogens is 2. The highest BCUT2D eigenvalue weighted by Crippen LogP contribution is 2.32. The van der Waals surface area contributed by atoms with Gasteiger partial charge in [0.15, 0.2) is 0 Å². The molecule has 0 saturated carbocycles. The van der Waals surface area contributed by atoms with Crippen LogP contribution in [0, 0.1) is 0 Å². The lowest BCUT2D eigenvalue weighted by atomic mass is 10.0. The number of fused-ring (bicyclic) bond motifs is 1. The van der Waals surface area contributed by atoms with Gasteiger partial charge in [0.2, 0.25) is 5.16 Å². The minimum atomic E-state index is 0.664. The Hall–Kier alpha value is -2.54. The second-order valence-corrected chi connectivity index (χ2v) is 10.0. The van der Waals surface area contributed by atoms with Crippen LogP contribution in [0.3, 0.4) is 0 Å². The normalized spacial score (nSPS) is 11.1. The summed E-state index contributed by atoms with van der Waals surface area (Å²) < 4.78 is 2.05. The molecule has 0 fully saturated rings. The van der Waals surface area contributed by atoms with Gasteiger partial charge in [-0.25, -0.2) is 4.98 Å². The van der Waals surface area contributed by atoms with Crippen molar-refractivity contribution in [1.82, 2.24) is 15.2 Å². The zero-order chi connectivity index (χ0) is 21.9. The lowest BCUT2D eigenvalue weighted by molar-refractivity contribution is 0.850. The van der Waals surface area contributed by atoms with Gasteiger partial charge in [-0.05, 0) is 40.6 Å². The summed E-state index contributed by atoms with van der Waals surface area (Å²) >= 11 is 8.62. The maximum atomic E-state index is 4.93. The van der Waals surface area contributed by atoms with E-state index in [1.807, 2.05) is 36.4 Å². The van der Waals surface area contributed by atoms with E-state index < -0.39 is 0 Å². The van der Waals surface area contributed by atoms with E-state index in [0.29, 0.717) is 5.16 Å². The van der Waals surface area contributed by atoms with Crippen LogP contribution in [0.5, 0.6) is 0 Å². The average molecular weight is 563 g/mol. The van der Waals surface area contributed by atoms with Gasteiger partial charge in [-0.15, -0.1) is 10.2 Å². The fraction of sp³-hybridized carbons (Fsp3) is 0.0385. The van der Waals surface area contributed by atoms with Crippen molar-refractivity contribution in [3.8, 4) is 22.5 Å². The quantitative estimate of drug-likeness (QED) is 0.202. The molecule has 0 unspecified atom stereocenters. The molecule has 1 aromatic heterocycles. The zero-order valence-corrected chi connectivity index (χ0v) is 20.9. The van der Waals surface area contributed by atoms with Gasteiger partial charge in [0, 0.05) is 25.8 Å². The molecule has 32 heavy (non-hydrogen) atoms. The number of aromatic nitrogens is 3. The van der Waals surface area contributed by atoms with Crippen molar-refractivity contribution in [1.29, 1.82) is 0 Å². The number of rotatable bonds is 5. The van der Waals surface area contributed by atoms with E-state index in [9.17, 15) is 0 Å². The van der Waals surface area contributed by atoms with Crippen LogP contribution < -0.4 is 0 Å². The Morgan fingerprint density at radius 2 is 1.25 bits per heavy atom. The fourth-order valence-electron chi connectivity index (χ4n) is 3.54. The molecule has 0 saturated heterocycles. The predicted octanol–water partition coefficient (Wildman–Crippen LogP) is 8.18. The summed E-state index contributed by atoms with van der Waals surface area (Å²) in [7, 11) is 0. The molecular weight excluding hydrogens is 546 g/mol.